The number of fused-ring (bicyclic) bond motifs is 1. The van der Waals surface area contributed by atoms with Gasteiger partial charge in [0.1, 0.15) is 0 Å². The number of likely N-dealkylation sites (tertiary alicyclic amines) is 1. The van der Waals surface area contributed by atoms with Gasteiger partial charge in [0, 0.05) is 31.7 Å². The maximum absolute atomic E-state index is 12.3. The van der Waals surface area contributed by atoms with Gasteiger partial charge in [0.25, 0.3) is 0 Å². The summed E-state index contributed by atoms with van der Waals surface area (Å²) in [5, 5.41) is 2.89. The normalized spacial score (nSPS) is 24.2. The zero-order valence-corrected chi connectivity index (χ0v) is 13.1. The van der Waals surface area contributed by atoms with Gasteiger partial charge >= 0.3 is 0 Å². The Labute approximate surface area is 129 Å². The molecule has 0 aliphatic carbocycles. The molecule has 2 saturated heterocycles. The van der Waals surface area contributed by atoms with Crippen molar-refractivity contribution in [1.82, 2.24) is 10.2 Å². The molecule has 0 saturated carbocycles. The second kappa shape index (κ2) is 5.39. The average Bonchev–Trinajstić information content (AvgIpc) is 2.95. The summed E-state index contributed by atoms with van der Waals surface area (Å²) in [6, 6.07) is 6.48. The van der Waals surface area contributed by atoms with E-state index in [-0.39, 0.29) is 35.1 Å². The van der Waals surface area contributed by atoms with E-state index >= 15 is 0 Å². The monoisotopic (exact) mass is 322 g/mol. The van der Waals surface area contributed by atoms with Gasteiger partial charge in [0.05, 0.1) is 17.4 Å². The summed E-state index contributed by atoms with van der Waals surface area (Å²) in [6.45, 7) is 1.18. The molecule has 22 heavy (non-hydrogen) atoms. The highest BCUT2D eigenvalue weighted by atomic mass is 32.2. The highest BCUT2D eigenvalue weighted by Gasteiger charge is 2.41. The molecule has 2 aliphatic rings. The fourth-order valence-corrected chi connectivity index (χ4v) is 3.72. The maximum Gasteiger partial charge on any atom is 0.227 e. The molecule has 1 aromatic rings. The molecular weight excluding hydrogens is 304 g/mol. The van der Waals surface area contributed by atoms with Crippen molar-refractivity contribution in [2.45, 2.75) is 23.8 Å². The minimum atomic E-state index is -3.21. The van der Waals surface area contributed by atoms with E-state index in [1.807, 2.05) is 0 Å². The van der Waals surface area contributed by atoms with Crippen LogP contribution in [0.2, 0.25) is 0 Å². The molecule has 0 radical (unpaired) electrons. The molecule has 0 bridgehead atoms. The lowest BCUT2D eigenvalue weighted by Crippen LogP contribution is -2.36. The summed E-state index contributed by atoms with van der Waals surface area (Å²) < 4.78 is 22.8. The third-order valence-corrected chi connectivity index (χ3v) is 5.42. The van der Waals surface area contributed by atoms with Crippen LogP contribution in [0.25, 0.3) is 0 Å². The lowest BCUT2D eigenvalue weighted by atomic mass is 10.1. The first-order valence-electron chi connectivity index (χ1n) is 7.19. The number of hydrogen-bond donors (Lipinski definition) is 1. The number of nitrogens with zero attached hydrogens (tertiary/aromatic N) is 1. The molecule has 2 atom stereocenters. The van der Waals surface area contributed by atoms with Gasteiger partial charge in [-0.05, 0) is 17.7 Å². The molecule has 2 aliphatic heterocycles. The van der Waals surface area contributed by atoms with Crippen LogP contribution in [-0.2, 0) is 25.8 Å². The van der Waals surface area contributed by atoms with Crippen molar-refractivity contribution in [3.05, 3.63) is 29.8 Å². The van der Waals surface area contributed by atoms with Gasteiger partial charge < -0.3 is 10.2 Å². The first-order chi connectivity index (χ1) is 10.3. The Kier molecular flexibility index (Phi) is 3.68. The maximum atomic E-state index is 12.3. The Bertz CT molecular complexity index is 696. The molecule has 0 unspecified atom stereocenters. The second-order valence-electron chi connectivity index (χ2n) is 6.03. The van der Waals surface area contributed by atoms with Gasteiger partial charge in [-0.15, -0.1) is 0 Å². The summed E-state index contributed by atoms with van der Waals surface area (Å²) in [5.74, 6) is 0.304. The highest BCUT2D eigenvalue weighted by molar-refractivity contribution is 7.90. The van der Waals surface area contributed by atoms with Gasteiger partial charge in [-0.2, -0.15) is 0 Å². The molecule has 1 N–H and O–H groups in total. The minimum Gasteiger partial charge on any atom is -0.351 e. The molecule has 2 amide bonds. The second-order valence-corrected chi connectivity index (χ2v) is 8.05. The van der Waals surface area contributed by atoms with Crippen LogP contribution in [0.1, 0.15) is 12.0 Å². The molecule has 3 rings (SSSR count). The van der Waals surface area contributed by atoms with E-state index in [2.05, 4.69) is 5.32 Å². The van der Waals surface area contributed by atoms with Gasteiger partial charge in [-0.3, -0.25) is 9.59 Å². The summed E-state index contributed by atoms with van der Waals surface area (Å²) in [5.41, 5.74) is 0.790. The van der Waals surface area contributed by atoms with Crippen molar-refractivity contribution in [2.24, 2.45) is 5.92 Å². The highest BCUT2D eigenvalue weighted by Crippen LogP contribution is 2.25. The van der Waals surface area contributed by atoms with Gasteiger partial charge in [-0.25, -0.2) is 8.42 Å². The summed E-state index contributed by atoms with van der Waals surface area (Å²) in [6.07, 6.45) is 1.90. The molecule has 6 nitrogen and oxygen atoms in total. The SMILES string of the molecule is CS(=O)(=O)c1ccc(CC(=O)N2C[C@@H]3CC(=O)N[C@@H]3C2)cc1. The molecule has 2 fully saturated rings. The molecule has 118 valence electrons. The standard InChI is InChI=1S/C15H18N2O4S/c1-22(20,21)12-4-2-10(3-5-12)6-15(19)17-8-11-7-14(18)16-13(11)9-17/h2-5,11,13H,6-9H2,1H3,(H,16,18)/t11-,13+/m0/s1. The first kappa shape index (κ1) is 15.0. The van der Waals surface area contributed by atoms with E-state index in [1.165, 1.54) is 12.1 Å². The van der Waals surface area contributed by atoms with Crippen molar-refractivity contribution >= 4 is 21.7 Å². The number of amides is 2. The number of benzene rings is 1. The number of carbonyl (C=O) groups is 2. The fraction of sp³-hybridized carbons (Fsp3) is 0.467. The molecule has 7 heteroatoms. The predicted molar refractivity (Wildman–Crippen MR) is 79.9 cm³/mol. The Morgan fingerprint density at radius 2 is 1.95 bits per heavy atom. The topological polar surface area (TPSA) is 83.6 Å². The summed E-state index contributed by atoms with van der Waals surface area (Å²) >= 11 is 0. The van der Waals surface area contributed by atoms with E-state index in [0.29, 0.717) is 19.5 Å². The fourth-order valence-electron chi connectivity index (χ4n) is 3.09. The minimum absolute atomic E-state index is 0.00996. The molecule has 1 aromatic carbocycles. The number of rotatable bonds is 3. The largest absolute Gasteiger partial charge is 0.351 e. The van der Waals surface area contributed by atoms with Crippen LogP contribution in [0.5, 0.6) is 0 Å². The van der Waals surface area contributed by atoms with Crippen LogP contribution in [0.15, 0.2) is 29.2 Å². The Balaban J connectivity index is 1.62. The Morgan fingerprint density at radius 3 is 2.55 bits per heavy atom. The molecular formula is C15H18N2O4S. The van der Waals surface area contributed by atoms with Crippen LogP contribution >= 0.6 is 0 Å². The van der Waals surface area contributed by atoms with E-state index < -0.39 is 9.84 Å². The average molecular weight is 322 g/mol. The van der Waals surface area contributed by atoms with Crippen LogP contribution in [0.4, 0.5) is 0 Å². The quantitative estimate of drug-likeness (QED) is 0.848. The first-order valence-corrected chi connectivity index (χ1v) is 9.08. The van der Waals surface area contributed by atoms with Crippen LogP contribution < -0.4 is 5.32 Å². The zero-order chi connectivity index (χ0) is 15.9. The van der Waals surface area contributed by atoms with Crippen LogP contribution in [0, 0.1) is 5.92 Å². The summed E-state index contributed by atoms with van der Waals surface area (Å²) in [4.78, 5) is 25.6. The van der Waals surface area contributed by atoms with Crippen LogP contribution in [-0.4, -0.2) is 50.5 Å². The zero-order valence-electron chi connectivity index (χ0n) is 12.3. The molecule has 0 spiro atoms. The third-order valence-electron chi connectivity index (χ3n) is 4.29. The lowest BCUT2D eigenvalue weighted by Gasteiger charge is -2.17. The smallest absolute Gasteiger partial charge is 0.227 e. The number of sulfone groups is 1. The number of carbonyl (C=O) groups excluding carboxylic acids is 2. The van der Waals surface area contributed by atoms with E-state index in [9.17, 15) is 18.0 Å². The Hall–Kier alpha value is -1.89. The van der Waals surface area contributed by atoms with Crippen molar-refractivity contribution in [2.75, 3.05) is 19.3 Å². The van der Waals surface area contributed by atoms with Gasteiger partial charge in [0.15, 0.2) is 9.84 Å². The third kappa shape index (κ3) is 2.99. The number of hydrogen-bond acceptors (Lipinski definition) is 4. The summed E-state index contributed by atoms with van der Waals surface area (Å²) in [7, 11) is -3.21. The molecule has 2 heterocycles. The van der Waals surface area contributed by atoms with Gasteiger partial charge in [-0.1, -0.05) is 12.1 Å². The van der Waals surface area contributed by atoms with Crippen molar-refractivity contribution in [3.8, 4) is 0 Å². The molecule has 0 aromatic heterocycles. The van der Waals surface area contributed by atoms with Crippen molar-refractivity contribution < 1.29 is 18.0 Å². The lowest BCUT2D eigenvalue weighted by molar-refractivity contribution is -0.130. The predicted octanol–water partition coefficient (Wildman–Crippen LogP) is -0.0205. The van der Waals surface area contributed by atoms with Crippen molar-refractivity contribution in [3.63, 3.8) is 0 Å². The van der Waals surface area contributed by atoms with E-state index in [0.717, 1.165) is 11.8 Å². The Morgan fingerprint density at radius 1 is 1.27 bits per heavy atom. The number of nitrogens with one attached hydrogen (secondary N) is 1. The van der Waals surface area contributed by atoms with Crippen LogP contribution in [0.3, 0.4) is 0 Å². The van der Waals surface area contributed by atoms with E-state index in [4.69, 9.17) is 0 Å². The van der Waals surface area contributed by atoms with E-state index in [1.54, 1.807) is 17.0 Å². The van der Waals surface area contributed by atoms with Crippen molar-refractivity contribution in [1.29, 1.82) is 0 Å². The van der Waals surface area contributed by atoms with Gasteiger partial charge in [0.2, 0.25) is 11.8 Å².